The summed E-state index contributed by atoms with van der Waals surface area (Å²) in [5.74, 6) is -0.385. The highest BCUT2D eigenvalue weighted by Crippen LogP contribution is 2.12. The quantitative estimate of drug-likeness (QED) is 0.253. The zero-order valence-electron chi connectivity index (χ0n) is 12.4. The van der Waals surface area contributed by atoms with E-state index in [0.717, 1.165) is 12.8 Å². The third kappa shape index (κ3) is 8.15. The largest absolute Gasteiger partial charge is 0.529 e. The second kappa shape index (κ2) is 11.2. The van der Waals surface area contributed by atoms with Crippen LogP contribution in [0.5, 0.6) is 0 Å². The molecule has 0 spiro atoms. The van der Waals surface area contributed by atoms with E-state index in [4.69, 9.17) is 18.0 Å². The molecule has 0 rings (SSSR count). The maximum Gasteiger partial charge on any atom is 0.529 e. The zero-order chi connectivity index (χ0) is 14.6. The minimum atomic E-state index is -2.89. The highest BCUT2D eigenvalue weighted by atomic mass is 28.4. The molecule has 0 saturated heterocycles. The van der Waals surface area contributed by atoms with Crippen LogP contribution in [0, 0.1) is 0 Å². The van der Waals surface area contributed by atoms with E-state index in [1.807, 2.05) is 27.7 Å². The fourth-order valence-electron chi connectivity index (χ4n) is 1.41. The van der Waals surface area contributed by atoms with Gasteiger partial charge in [0.25, 0.3) is 0 Å². The summed E-state index contributed by atoms with van der Waals surface area (Å²) >= 11 is 0. The summed E-state index contributed by atoms with van der Waals surface area (Å²) in [4.78, 5) is 11.5. The molecule has 19 heavy (non-hydrogen) atoms. The molecule has 0 aromatic carbocycles. The number of hydrogen-bond acceptors (Lipinski definition) is 5. The minimum absolute atomic E-state index is 0.385. The van der Waals surface area contributed by atoms with E-state index in [0.29, 0.717) is 26.4 Å². The Bertz CT molecular complexity index is 251. The topological polar surface area (TPSA) is 54.0 Å². The van der Waals surface area contributed by atoms with Gasteiger partial charge in [0, 0.05) is 25.9 Å². The van der Waals surface area contributed by atoms with Crippen molar-refractivity contribution in [2.45, 2.75) is 40.5 Å². The molecule has 0 aliphatic heterocycles. The standard InChI is InChI=1S/C13H26O5Si/c1-5-9-11-15-13(14)10-12-19(16-6-2,17-7-3)18-8-4/h10,12H,5-9,11H2,1-4H3. The fourth-order valence-corrected chi connectivity index (χ4v) is 3.49. The lowest BCUT2D eigenvalue weighted by Crippen LogP contribution is -2.44. The summed E-state index contributed by atoms with van der Waals surface area (Å²) < 4.78 is 21.8. The summed E-state index contributed by atoms with van der Waals surface area (Å²) in [6, 6.07) is 0. The van der Waals surface area contributed by atoms with Crippen molar-refractivity contribution in [2.24, 2.45) is 0 Å². The average molecular weight is 290 g/mol. The van der Waals surface area contributed by atoms with Crippen molar-refractivity contribution in [3.05, 3.63) is 11.8 Å². The van der Waals surface area contributed by atoms with E-state index in [2.05, 4.69) is 0 Å². The van der Waals surface area contributed by atoms with Gasteiger partial charge in [-0.3, -0.25) is 0 Å². The van der Waals surface area contributed by atoms with Crippen molar-refractivity contribution in [3.63, 3.8) is 0 Å². The Morgan fingerprint density at radius 3 is 1.95 bits per heavy atom. The van der Waals surface area contributed by atoms with Crippen LogP contribution in [0.3, 0.4) is 0 Å². The van der Waals surface area contributed by atoms with Gasteiger partial charge in [-0.15, -0.1) is 0 Å². The third-order valence-electron chi connectivity index (χ3n) is 2.20. The molecule has 0 radical (unpaired) electrons. The van der Waals surface area contributed by atoms with Crippen molar-refractivity contribution in [1.29, 1.82) is 0 Å². The van der Waals surface area contributed by atoms with E-state index in [-0.39, 0.29) is 5.97 Å². The Balaban J connectivity index is 4.54. The lowest BCUT2D eigenvalue weighted by Gasteiger charge is -2.25. The first-order valence-corrected chi connectivity index (χ1v) is 8.72. The summed E-state index contributed by atoms with van der Waals surface area (Å²) in [6.45, 7) is 9.50. The maximum atomic E-state index is 11.5. The van der Waals surface area contributed by atoms with Crippen molar-refractivity contribution in [2.75, 3.05) is 26.4 Å². The second-order valence-electron chi connectivity index (χ2n) is 3.76. The molecule has 0 aliphatic rings. The van der Waals surface area contributed by atoms with Gasteiger partial charge in [-0.25, -0.2) is 4.79 Å². The molecule has 0 fully saturated rings. The number of ether oxygens (including phenoxy) is 1. The van der Waals surface area contributed by atoms with Crippen LogP contribution in [-0.4, -0.2) is 41.2 Å². The van der Waals surface area contributed by atoms with Crippen LogP contribution < -0.4 is 0 Å². The van der Waals surface area contributed by atoms with Crippen molar-refractivity contribution >= 4 is 14.8 Å². The Morgan fingerprint density at radius 1 is 1.00 bits per heavy atom. The molecule has 5 nitrogen and oxygen atoms in total. The normalized spacial score (nSPS) is 12.0. The first-order chi connectivity index (χ1) is 9.14. The van der Waals surface area contributed by atoms with E-state index in [9.17, 15) is 4.79 Å². The molecule has 112 valence electrons. The lowest BCUT2D eigenvalue weighted by atomic mass is 10.4. The van der Waals surface area contributed by atoms with Crippen LogP contribution in [-0.2, 0) is 22.8 Å². The van der Waals surface area contributed by atoms with Crippen molar-refractivity contribution < 1.29 is 22.8 Å². The molecular formula is C13H26O5Si. The number of esters is 1. The number of unbranched alkanes of at least 4 members (excludes halogenated alkanes) is 1. The average Bonchev–Trinajstić information content (AvgIpc) is 2.38. The number of carbonyl (C=O) groups is 1. The van der Waals surface area contributed by atoms with Crippen molar-refractivity contribution in [1.82, 2.24) is 0 Å². The van der Waals surface area contributed by atoms with Gasteiger partial charge in [0.05, 0.1) is 6.61 Å². The molecule has 0 unspecified atom stereocenters. The van der Waals surface area contributed by atoms with Gasteiger partial charge in [-0.1, -0.05) is 13.3 Å². The Kier molecular flexibility index (Phi) is 10.8. The van der Waals surface area contributed by atoms with E-state index >= 15 is 0 Å². The Labute approximate surface area is 117 Å². The Morgan fingerprint density at radius 2 is 1.53 bits per heavy atom. The van der Waals surface area contributed by atoms with E-state index in [1.54, 1.807) is 5.70 Å². The molecule has 0 amide bonds. The predicted molar refractivity (Wildman–Crippen MR) is 75.6 cm³/mol. The zero-order valence-corrected chi connectivity index (χ0v) is 13.4. The van der Waals surface area contributed by atoms with E-state index in [1.165, 1.54) is 6.08 Å². The van der Waals surface area contributed by atoms with Crippen LogP contribution in [0.1, 0.15) is 40.5 Å². The molecule has 0 aromatic heterocycles. The highest BCUT2D eigenvalue weighted by Gasteiger charge is 2.37. The fraction of sp³-hybridized carbons (Fsp3) is 0.769. The van der Waals surface area contributed by atoms with Gasteiger partial charge >= 0.3 is 14.8 Å². The molecule has 0 bridgehead atoms. The van der Waals surface area contributed by atoms with Crippen molar-refractivity contribution in [3.8, 4) is 0 Å². The lowest BCUT2D eigenvalue weighted by molar-refractivity contribution is -0.137. The Hall–Kier alpha value is -0.693. The van der Waals surface area contributed by atoms with Gasteiger partial charge in [0.2, 0.25) is 0 Å². The number of rotatable bonds is 11. The first-order valence-electron chi connectivity index (χ1n) is 6.91. The van der Waals surface area contributed by atoms with Crippen LogP contribution in [0.4, 0.5) is 0 Å². The van der Waals surface area contributed by atoms with Crippen LogP contribution in [0.25, 0.3) is 0 Å². The van der Waals surface area contributed by atoms with Crippen LogP contribution in [0.15, 0.2) is 11.8 Å². The molecule has 6 heteroatoms. The van der Waals surface area contributed by atoms with Crippen LogP contribution in [0.2, 0.25) is 0 Å². The summed E-state index contributed by atoms with van der Waals surface area (Å²) in [5, 5.41) is 0. The van der Waals surface area contributed by atoms with Gasteiger partial charge < -0.3 is 18.0 Å². The molecule has 0 saturated carbocycles. The van der Waals surface area contributed by atoms with Gasteiger partial charge in [0.1, 0.15) is 0 Å². The van der Waals surface area contributed by atoms with Gasteiger partial charge in [0.15, 0.2) is 0 Å². The molecule has 0 aromatic rings. The molecule has 0 N–H and O–H groups in total. The smallest absolute Gasteiger partial charge is 0.463 e. The minimum Gasteiger partial charge on any atom is -0.463 e. The monoisotopic (exact) mass is 290 g/mol. The van der Waals surface area contributed by atoms with Gasteiger partial charge in [-0.05, 0) is 32.9 Å². The predicted octanol–water partition coefficient (Wildman–Crippen LogP) is 2.47. The SMILES string of the molecule is CCCCOC(=O)C=C[Si](OCC)(OCC)OCC. The van der Waals surface area contributed by atoms with E-state index < -0.39 is 8.80 Å². The summed E-state index contributed by atoms with van der Waals surface area (Å²) in [5.41, 5.74) is 1.60. The third-order valence-corrected chi connectivity index (χ3v) is 4.85. The molecule has 0 atom stereocenters. The molecular weight excluding hydrogens is 264 g/mol. The number of carbonyl (C=O) groups excluding carboxylic acids is 1. The highest BCUT2D eigenvalue weighted by molar-refractivity contribution is 6.66. The number of hydrogen-bond donors (Lipinski definition) is 0. The summed E-state index contributed by atoms with van der Waals surface area (Å²) in [6.07, 6.45) is 3.21. The second-order valence-corrected chi connectivity index (χ2v) is 6.16. The summed E-state index contributed by atoms with van der Waals surface area (Å²) in [7, 11) is -2.89. The molecule has 0 heterocycles. The van der Waals surface area contributed by atoms with Gasteiger partial charge in [-0.2, -0.15) is 0 Å². The first kappa shape index (κ1) is 18.3. The molecule has 0 aliphatic carbocycles. The maximum absolute atomic E-state index is 11.5. The van der Waals surface area contributed by atoms with Crippen LogP contribution >= 0.6 is 0 Å².